The zero-order valence-electron chi connectivity index (χ0n) is 26.6. The van der Waals surface area contributed by atoms with E-state index in [1.807, 2.05) is 18.2 Å². The predicted octanol–water partition coefficient (Wildman–Crippen LogP) is 3.38. The summed E-state index contributed by atoms with van der Waals surface area (Å²) >= 11 is 0. The third-order valence-corrected chi connectivity index (χ3v) is 11.2. The molecule has 0 unspecified atom stereocenters. The van der Waals surface area contributed by atoms with E-state index in [0.29, 0.717) is 17.6 Å². The van der Waals surface area contributed by atoms with Gasteiger partial charge < -0.3 is 24.3 Å². The first-order valence-corrected chi connectivity index (χ1v) is 16.8. The molecule has 3 aromatic rings. The van der Waals surface area contributed by atoms with Gasteiger partial charge in [0, 0.05) is 85.6 Å². The fraction of sp³-hybridized carbons (Fsp3) is 0.556. The largest absolute Gasteiger partial charge is 0.378 e. The zero-order chi connectivity index (χ0) is 30.7. The Morgan fingerprint density at radius 1 is 0.911 bits per heavy atom. The standard InChI is InChI=1S/C36H44N6O3/c1-36(2)30-18-32(42-14-12-41(13-15-42)27-22-45-23-27)25(4-3-7-39-8-10-40(11-9-39)26-20-44-21-26)17-29(30)34(43)33-28-6-5-24(19-37)16-31(28)38-35(33)36/h5-6,16-18,26-27,38H,3-4,7-15,20-23H2,1-2H3. The third kappa shape index (κ3) is 5.08. The van der Waals surface area contributed by atoms with Crippen molar-refractivity contribution in [3.05, 3.63) is 63.8 Å². The van der Waals surface area contributed by atoms with Crippen molar-refractivity contribution in [1.29, 1.82) is 5.26 Å². The fourth-order valence-electron chi connectivity index (χ4n) is 8.11. The minimum atomic E-state index is -0.381. The normalized spacial score (nSPS) is 23.0. The van der Waals surface area contributed by atoms with Gasteiger partial charge in [-0.15, -0.1) is 0 Å². The molecule has 9 heteroatoms. The van der Waals surface area contributed by atoms with Crippen molar-refractivity contribution in [2.24, 2.45) is 0 Å². The number of piperazine rings is 2. The second-order valence-electron chi connectivity index (χ2n) is 14.1. The van der Waals surface area contributed by atoms with Crippen LogP contribution in [0.1, 0.15) is 58.6 Å². The molecule has 236 valence electrons. The number of nitrogens with zero attached hydrogens (tertiary/aromatic N) is 5. The minimum Gasteiger partial charge on any atom is -0.378 e. The van der Waals surface area contributed by atoms with E-state index < -0.39 is 0 Å². The number of aromatic nitrogens is 1. The summed E-state index contributed by atoms with van der Waals surface area (Å²) in [6.45, 7) is 17.5. The van der Waals surface area contributed by atoms with Gasteiger partial charge in [-0.25, -0.2) is 0 Å². The van der Waals surface area contributed by atoms with Crippen molar-refractivity contribution in [2.75, 3.05) is 90.2 Å². The van der Waals surface area contributed by atoms with Gasteiger partial charge in [-0.1, -0.05) is 19.9 Å². The van der Waals surface area contributed by atoms with Gasteiger partial charge in [-0.2, -0.15) is 5.26 Å². The summed E-state index contributed by atoms with van der Waals surface area (Å²) in [5.41, 5.74) is 7.29. The molecule has 1 N–H and O–H groups in total. The molecule has 0 radical (unpaired) electrons. The summed E-state index contributed by atoms with van der Waals surface area (Å²) in [7, 11) is 0. The van der Waals surface area contributed by atoms with Gasteiger partial charge in [0.25, 0.3) is 0 Å². The van der Waals surface area contributed by atoms with Crippen molar-refractivity contribution < 1.29 is 14.3 Å². The van der Waals surface area contributed by atoms with Crippen LogP contribution in [0.5, 0.6) is 0 Å². The van der Waals surface area contributed by atoms with Crippen LogP contribution in [-0.2, 0) is 21.3 Å². The number of aromatic amines is 1. The molecule has 9 nitrogen and oxygen atoms in total. The lowest BCUT2D eigenvalue weighted by molar-refractivity contribution is -0.0768. The number of aryl methyl sites for hydroxylation is 1. The number of nitriles is 1. The lowest BCUT2D eigenvalue weighted by Crippen LogP contribution is -2.56. The number of nitrogens with one attached hydrogen (secondary N) is 1. The monoisotopic (exact) mass is 608 g/mol. The minimum absolute atomic E-state index is 0.0916. The number of anilines is 1. The molecule has 1 aliphatic carbocycles. The topological polar surface area (TPSA) is 88.1 Å². The Morgan fingerprint density at radius 3 is 2.20 bits per heavy atom. The van der Waals surface area contributed by atoms with Crippen LogP contribution in [0.4, 0.5) is 5.69 Å². The average molecular weight is 609 g/mol. The molecule has 0 bridgehead atoms. The third-order valence-electron chi connectivity index (χ3n) is 11.2. The summed E-state index contributed by atoms with van der Waals surface area (Å²) in [5, 5.41) is 10.4. The summed E-state index contributed by atoms with van der Waals surface area (Å²) in [6.07, 6.45) is 2.03. The van der Waals surface area contributed by atoms with Crippen LogP contribution in [0.25, 0.3) is 10.9 Å². The lowest BCUT2D eigenvalue weighted by atomic mass is 9.70. The second-order valence-corrected chi connectivity index (χ2v) is 14.1. The van der Waals surface area contributed by atoms with Crippen LogP contribution < -0.4 is 4.90 Å². The maximum Gasteiger partial charge on any atom is 0.195 e. The van der Waals surface area contributed by atoms with E-state index >= 15 is 0 Å². The first-order chi connectivity index (χ1) is 21.9. The Morgan fingerprint density at radius 2 is 1.58 bits per heavy atom. The molecule has 4 fully saturated rings. The molecule has 2 aromatic carbocycles. The van der Waals surface area contributed by atoms with Gasteiger partial charge in [0.2, 0.25) is 0 Å². The fourth-order valence-corrected chi connectivity index (χ4v) is 8.11. The van der Waals surface area contributed by atoms with Crippen molar-refractivity contribution in [3.63, 3.8) is 0 Å². The number of rotatable bonds is 7. The van der Waals surface area contributed by atoms with Gasteiger partial charge in [-0.05, 0) is 54.8 Å². The van der Waals surface area contributed by atoms with E-state index in [9.17, 15) is 10.1 Å². The highest BCUT2D eigenvalue weighted by Gasteiger charge is 2.41. The first kappa shape index (κ1) is 29.2. The van der Waals surface area contributed by atoms with Crippen LogP contribution in [0.2, 0.25) is 0 Å². The van der Waals surface area contributed by atoms with E-state index in [1.165, 1.54) is 11.3 Å². The summed E-state index contributed by atoms with van der Waals surface area (Å²) < 4.78 is 10.9. The molecule has 0 amide bonds. The zero-order valence-corrected chi connectivity index (χ0v) is 26.6. The van der Waals surface area contributed by atoms with E-state index in [0.717, 1.165) is 131 Å². The highest BCUT2D eigenvalue weighted by Crippen LogP contribution is 2.46. The van der Waals surface area contributed by atoms with Crippen molar-refractivity contribution in [3.8, 4) is 6.07 Å². The number of fused-ring (bicyclic) bond motifs is 4. The van der Waals surface area contributed by atoms with Gasteiger partial charge in [0.05, 0.1) is 55.7 Å². The molecule has 4 saturated heterocycles. The van der Waals surface area contributed by atoms with Crippen LogP contribution in [0.15, 0.2) is 30.3 Å². The number of ketones is 1. The molecular weight excluding hydrogens is 564 g/mol. The van der Waals surface area contributed by atoms with E-state index in [4.69, 9.17) is 9.47 Å². The van der Waals surface area contributed by atoms with Crippen LogP contribution in [0, 0.1) is 11.3 Å². The molecule has 5 aliphatic rings. The maximum atomic E-state index is 14.3. The Balaban J connectivity index is 1.08. The van der Waals surface area contributed by atoms with Gasteiger partial charge in [0.15, 0.2) is 5.78 Å². The van der Waals surface area contributed by atoms with Crippen LogP contribution >= 0.6 is 0 Å². The number of hydrogen-bond acceptors (Lipinski definition) is 8. The summed E-state index contributed by atoms with van der Waals surface area (Å²) in [6, 6.07) is 13.6. The highest BCUT2D eigenvalue weighted by atomic mass is 16.5. The lowest BCUT2D eigenvalue weighted by Gasteiger charge is -2.44. The van der Waals surface area contributed by atoms with Gasteiger partial charge in [0.1, 0.15) is 0 Å². The molecule has 0 atom stereocenters. The predicted molar refractivity (Wildman–Crippen MR) is 174 cm³/mol. The second kappa shape index (κ2) is 11.5. The highest BCUT2D eigenvalue weighted by molar-refractivity contribution is 6.20. The molecule has 8 rings (SSSR count). The van der Waals surface area contributed by atoms with Gasteiger partial charge in [-0.3, -0.25) is 14.6 Å². The molecule has 45 heavy (non-hydrogen) atoms. The number of hydrogen-bond donors (Lipinski definition) is 1. The quantitative estimate of drug-likeness (QED) is 0.437. The van der Waals surface area contributed by atoms with E-state index in [-0.39, 0.29) is 11.2 Å². The average Bonchev–Trinajstić information content (AvgIpc) is 3.40. The van der Waals surface area contributed by atoms with Crippen molar-refractivity contribution in [1.82, 2.24) is 19.7 Å². The van der Waals surface area contributed by atoms with Crippen molar-refractivity contribution in [2.45, 2.75) is 44.2 Å². The smallest absolute Gasteiger partial charge is 0.195 e. The molecule has 0 spiro atoms. The molecule has 5 heterocycles. The van der Waals surface area contributed by atoms with Crippen molar-refractivity contribution >= 4 is 22.4 Å². The molecule has 4 aliphatic heterocycles. The first-order valence-electron chi connectivity index (χ1n) is 16.8. The summed E-state index contributed by atoms with van der Waals surface area (Å²) in [4.78, 5) is 28.2. The Hall–Kier alpha value is -3.26. The number of benzene rings is 2. The SMILES string of the molecule is CC1(C)c2cc(N3CCN(C4COC4)CC3)c(CCCN3CCN(C4COC4)CC3)cc2C(=O)c2c1[nH]c1cc(C#N)ccc21. The summed E-state index contributed by atoms with van der Waals surface area (Å²) in [5.74, 6) is 0.0916. The van der Waals surface area contributed by atoms with Crippen LogP contribution in [-0.4, -0.2) is 123 Å². The molecule has 1 aromatic heterocycles. The van der Waals surface area contributed by atoms with E-state index in [2.05, 4.69) is 56.6 Å². The number of H-pyrrole nitrogens is 1. The maximum absolute atomic E-state index is 14.3. The molecule has 0 saturated carbocycles. The Kier molecular flexibility index (Phi) is 7.46. The molecular formula is C36H44N6O3. The number of carbonyl (C=O) groups is 1. The number of ether oxygens (including phenoxy) is 2. The Bertz CT molecular complexity index is 1650. The Labute approximate surface area is 265 Å². The van der Waals surface area contributed by atoms with E-state index in [1.54, 1.807) is 0 Å². The van der Waals surface area contributed by atoms with Gasteiger partial charge >= 0.3 is 0 Å². The number of carbonyl (C=O) groups excluding carboxylic acids is 1. The van der Waals surface area contributed by atoms with Crippen LogP contribution in [0.3, 0.4) is 0 Å².